The SMILES string of the molecule is Cc1ccc(SC(C)C(=O)Nc2ccc(C(=O)O)cc2)cc1. The molecule has 0 aliphatic carbocycles. The first-order valence-corrected chi connectivity index (χ1v) is 7.71. The summed E-state index contributed by atoms with van der Waals surface area (Å²) in [7, 11) is 0. The Labute approximate surface area is 133 Å². The van der Waals surface area contributed by atoms with Crippen LogP contribution < -0.4 is 5.32 Å². The van der Waals surface area contributed by atoms with Gasteiger partial charge in [-0.2, -0.15) is 0 Å². The van der Waals surface area contributed by atoms with Crippen LogP contribution in [-0.2, 0) is 4.79 Å². The van der Waals surface area contributed by atoms with Crippen LogP contribution in [0.4, 0.5) is 5.69 Å². The minimum atomic E-state index is -0.985. The molecule has 4 nitrogen and oxygen atoms in total. The third-order valence-electron chi connectivity index (χ3n) is 3.10. The highest BCUT2D eigenvalue weighted by atomic mass is 32.2. The molecule has 0 bridgehead atoms. The molecule has 0 heterocycles. The van der Waals surface area contributed by atoms with Gasteiger partial charge in [0.2, 0.25) is 5.91 Å². The molecule has 22 heavy (non-hydrogen) atoms. The fourth-order valence-corrected chi connectivity index (χ4v) is 2.68. The monoisotopic (exact) mass is 315 g/mol. The van der Waals surface area contributed by atoms with Crippen molar-refractivity contribution < 1.29 is 14.7 Å². The summed E-state index contributed by atoms with van der Waals surface area (Å²) >= 11 is 1.48. The summed E-state index contributed by atoms with van der Waals surface area (Å²) in [6.45, 7) is 3.86. The summed E-state index contributed by atoms with van der Waals surface area (Å²) in [5.41, 5.74) is 1.96. The van der Waals surface area contributed by atoms with Crippen LogP contribution in [0.25, 0.3) is 0 Å². The van der Waals surface area contributed by atoms with Crippen molar-refractivity contribution in [3.8, 4) is 0 Å². The lowest BCUT2D eigenvalue weighted by Gasteiger charge is -2.12. The average molecular weight is 315 g/mol. The van der Waals surface area contributed by atoms with Crippen molar-refractivity contribution in [2.24, 2.45) is 0 Å². The molecule has 1 atom stereocenters. The van der Waals surface area contributed by atoms with Crippen LogP contribution in [0.1, 0.15) is 22.8 Å². The lowest BCUT2D eigenvalue weighted by atomic mass is 10.2. The Morgan fingerprint density at radius 3 is 2.18 bits per heavy atom. The number of hydrogen-bond donors (Lipinski definition) is 2. The van der Waals surface area contributed by atoms with Crippen molar-refractivity contribution in [2.75, 3.05) is 5.32 Å². The Bertz CT molecular complexity index is 665. The molecule has 0 aliphatic heterocycles. The van der Waals surface area contributed by atoms with E-state index in [-0.39, 0.29) is 16.7 Å². The number of carboxylic acids is 1. The van der Waals surface area contributed by atoms with Crippen molar-refractivity contribution in [3.05, 3.63) is 59.7 Å². The van der Waals surface area contributed by atoms with E-state index in [2.05, 4.69) is 5.32 Å². The average Bonchev–Trinajstić information content (AvgIpc) is 2.50. The molecule has 114 valence electrons. The lowest BCUT2D eigenvalue weighted by molar-refractivity contribution is -0.115. The molecule has 0 aromatic heterocycles. The number of anilines is 1. The van der Waals surface area contributed by atoms with Crippen LogP contribution in [0, 0.1) is 6.92 Å². The first kappa shape index (κ1) is 16.1. The molecular weight excluding hydrogens is 298 g/mol. The van der Waals surface area contributed by atoms with Gasteiger partial charge in [0.05, 0.1) is 10.8 Å². The molecule has 0 saturated carbocycles. The van der Waals surface area contributed by atoms with Crippen molar-refractivity contribution in [3.63, 3.8) is 0 Å². The molecule has 2 aromatic rings. The normalized spacial score (nSPS) is 11.7. The van der Waals surface area contributed by atoms with E-state index < -0.39 is 5.97 Å². The predicted octanol–water partition coefficient (Wildman–Crippen LogP) is 3.81. The van der Waals surface area contributed by atoms with Gasteiger partial charge in [0.25, 0.3) is 0 Å². The summed E-state index contributed by atoms with van der Waals surface area (Å²) < 4.78 is 0. The zero-order chi connectivity index (χ0) is 16.1. The molecule has 1 unspecified atom stereocenters. The summed E-state index contributed by atoms with van der Waals surface area (Å²) in [6.07, 6.45) is 0. The molecule has 0 spiro atoms. The highest BCUT2D eigenvalue weighted by molar-refractivity contribution is 8.00. The van der Waals surface area contributed by atoms with Crippen LogP contribution in [-0.4, -0.2) is 22.2 Å². The van der Waals surface area contributed by atoms with Gasteiger partial charge in [-0.25, -0.2) is 4.79 Å². The smallest absolute Gasteiger partial charge is 0.335 e. The molecule has 2 rings (SSSR count). The largest absolute Gasteiger partial charge is 0.478 e. The minimum Gasteiger partial charge on any atom is -0.478 e. The zero-order valence-corrected chi connectivity index (χ0v) is 13.2. The number of carboxylic acid groups (broad SMARTS) is 1. The van der Waals surface area contributed by atoms with Crippen molar-refractivity contribution in [2.45, 2.75) is 24.0 Å². The van der Waals surface area contributed by atoms with Gasteiger partial charge in [-0.3, -0.25) is 4.79 Å². The second-order valence-electron chi connectivity index (χ2n) is 4.94. The van der Waals surface area contributed by atoms with Crippen LogP contribution in [0.15, 0.2) is 53.4 Å². The molecule has 0 saturated heterocycles. The number of nitrogens with one attached hydrogen (secondary N) is 1. The number of hydrogen-bond acceptors (Lipinski definition) is 3. The van der Waals surface area contributed by atoms with E-state index in [0.717, 1.165) is 4.90 Å². The predicted molar refractivity (Wildman–Crippen MR) is 88.5 cm³/mol. The van der Waals surface area contributed by atoms with Crippen molar-refractivity contribution in [1.82, 2.24) is 0 Å². The molecule has 0 radical (unpaired) electrons. The van der Waals surface area contributed by atoms with E-state index in [1.54, 1.807) is 12.1 Å². The maximum absolute atomic E-state index is 12.2. The van der Waals surface area contributed by atoms with E-state index in [1.165, 1.54) is 29.5 Å². The number of amides is 1. The number of thioether (sulfide) groups is 1. The maximum Gasteiger partial charge on any atom is 0.335 e. The summed E-state index contributed by atoms with van der Waals surface area (Å²) in [6, 6.07) is 14.1. The Kier molecular flexibility index (Phi) is 5.22. The number of aryl methyl sites for hydroxylation is 1. The maximum atomic E-state index is 12.2. The van der Waals surface area contributed by atoms with Crippen molar-refractivity contribution >= 4 is 29.3 Å². The number of benzene rings is 2. The Morgan fingerprint density at radius 1 is 1.05 bits per heavy atom. The van der Waals surface area contributed by atoms with Crippen LogP contribution in [0.5, 0.6) is 0 Å². The number of carbonyl (C=O) groups is 2. The molecule has 5 heteroatoms. The molecule has 1 amide bonds. The van der Waals surface area contributed by atoms with E-state index in [1.807, 2.05) is 38.1 Å². The van der Waals surface area contributed by atoms with Crippen molar-refractivity contribution in [1.29, 1.82) is 0 Å². The quantitative estimate of drug-likeness (QED) is 0.823. The number of rotatable bonds is 5. The third kappa shape index (κ3) is 4.36. The van der Waals surface area contributed by atoms with Gasteiger partial charge in [-0.1, -0.05) is 17.7 Å². The fourth-order valence-electron chi connectivity index (χ4n) is 1.81. The highest BCUT2D eigenvalue weighted by Crippen LogP contribution is 2.24. The van der Waals surface area contributed by atoms with Crippen LogP contribution >= 0.6 is 11.8 Å². The lowest BCUT2D eigenvalue weighted by Crippen LogP contribution is -2.22. The first-order valence-electron chi connectivity index (χ1n) is 6.83. The zero-order valence-electron chi connectivity index (χ0n) is 12.4. The van der Waals surface area contributed by atoms with Gasteiger partial charge in [0, 0.05) is 10.6 Å². The highest BCUT2D eigenvalue weighted by Gasteiger charge is 2.14. The molecule has 0 fully saturated rings. The van der Waals surface area contributed by atoms with Gasteiger partial charge in [0.15, 0.2) is 0 Å². The van der Waals surface area contributed by atoms with Crippen LogP contribution in [0.2, 0.25) is 0 Å². The van der Waals surface area contributed by atoms with Gasteiger partial charge < -0.3 is 10.4 Å². The topological polar surface area (TPSA) is 66.4 Å². The van der Waals surface area contributed by atoms with Crippen LogP contribution in [0.3, 0.4) is 0 Å². The van der Waals surface area contributed by atoms with E-state index in [0.29, 0.717) is 5.69 Å². The van der Waals surface area contributed by atoms with E-state index >= 15 is 0 Å². The Balaban J connectivity index is 1.95. The summed E-state index contributed by atoms with van der Waals surface area (Å²) in [4.78, 5) is 24.0. The second kappa shape index (κ2) is 7.13. The third-order valence-corrected chi connectivity index (χ3v) is 4.21. The van der Waals surface area contributed by atoms with Gasteiger partial charge in [0.1, 0.15) is 0 Å². The molecule has 2 aromatic carbocycles. The van der Waals surface area contributed by atoms with Gasteiger partial charge >= 0.3 is 5.97 Å². The summed E-state index contributed by atoms with van der Waals surface area (Å²) in [5, 5.41) is 11.4. The Hall–Kier alpha value is -2.27. The number of aromatic carboxylic acids is 1. The van der Waals surface area contributed by atoms with Gasteiger partial charge in [-0.05, 0) is 50.2 Å². The standard InChI is InChI=1S/C17H17NO3S/c1-11-3-9-15(10-4-11)22-12(2)16(19)18-14-7-5-13(6-8-14)17(20)21/h3-10,12H,1-2H3,(H,18,19)(H,20,21). The first-order chi connectivity index (χ1) is 10.5. The van der Waals surface area contributed by atoms with E-state index in [4.69, 9.17) is 5.11 Å². The minimum absolute atomic E-state index is 0.117. The molecule has 2 N–H and O–H groups in total. The second-order valence-corrected chi connectivity index (χ2v) is 6.36. The van der Waals surface area contributed by atoms with Gasteiger partial charge in [-0.15, -0.1) is 11.8 Å². The summed E-state index contributed by atoms with van der Waals surface area (Å²) in [5.74, 6) is -1.10. The Morgan fingerprint density at radius 2 is 1.64 bits per heavy atom. The number of carbonyl (C=O) groups excluding carboxylic acids is 1. The van der Waals surface area contributed by atoms with E-state index in [9.17, 15) is 9.59 Å². The molecular formula is C17H17NO3S. The fraction of sp³-hybridized carbons (Fsp3) is 0.176. The molecule has 0 aliphatic rings.